The van der Waals surface area contributed by atoms with Gasteiger partial charge in [0.05, 0.1) is 11.4 Å². The Bertz CT molecular complexity index is 541. The van der Waals surface area contributed by atoms with Crippen LogP contribution in [0.3, 0.4) is 0 Å². The number of rotatable bonds is 2. The van der Waals surface area contributed by atoms with Crippen molar-refractivity contribution in [3.63, 3.8) is 0 Å². The number of amides is 1. The first-order valence-corrected chi connectivity index (χ1v) is 8.12. The molecule has 0 aromatic heterocycles. The molecule has 1 aliphatic heterocycles. The minimum Gasteiger partial charge on any atom is -0.397 e. The van der Waals surface area contributed by atoms with Gasteiger partial charge in [0.15, 0.2) is 0 Å². The van der Waals surface area contributed by atoms with Crippen LogP contribution in [0, 0.1) is 5.92 Å². The van der Waals surface area contributed by atoms with Crippen LogP contribution >= 0.6 is 0 Å². The second kappa shape index (κ2) is 5.96. The Hall–Kier alpha value is -1.71. The summed E-state index contributed by atoms with van der Waals surface area (Å²) in [6.07, 6.45) is 7.75. The van der Waals surface area contributed by atoms with Crippen LogP contribution in [-0.2, 0) is 11.2 Å². The average molecular weight is 287 g/mol. The molecule has 1 saturated carbocycles. The topological polar surface area (TPSA) is 67.1 Å². The van der Waals surface area contributed by atoms with Crippen LogP contribution in [0.15, 0.2) is 12.1 Å². The molecule has 2 unspecified atom stereocenters. The molecule has 4 nitrogen and oxygen atoms in total. The van der Waals surface area contributed by atoms with Crippen molar-refractivity contribution < 1.29 is 4.79 Å². The fourth-order valence-corrected chi connectivity index (χ4v) is 3.48. The van der Waals surface area contributed by atoms with Crippen molar-refractivity contribution in [2.75, 3.05) is 16.4 Å². The second-order valence-electron chi connectivity index (χ2n) is 6.51. The number of hydrogen-bond acceptors (Lipinski definition) is 3. The monoisotopic (exact) mass is 287 g/mol. The summed E-state index contributed by atoms with van der Waals surface area (Å²) in [5.41, 5.74) is 10.0. The Morgan fingerprint density at radius 1 is 1.19 bits per heavy atom. The van der Waals surface area contributed by atoms with Gasteiger partial charge in [-0.3, -0.25) is 4.79 Å². The minimum absolute atomic E-state index is 0.0982. The maximum absolute atomic E-state index is 11.5. The average Bonchev–Trinajstić information content (AvgIpc) is 2.65. The van der Waals surface area contributed by atoms with Crippen molar-refractivity contribution >= 4 is 23.0 Å². The van der Waals surface area contributed by atoms with Crippen molar-refractivity contribution in [2.45, 2.75) is 57.9 Å². The Morgan fingerprint density at radius 3 is 2.86 bits per heavy atom. The second-order valence-corrected chi connectivity index (χ2v) is 6.51. The molecule has 1 fully saturated rings. The van der Waals surface area contributed by atoms with Gasteiger partial charge in [0.2, 0.25) is 5.91 Å². The molecule has 0 radical (unpaired) electrons. The van der Waals surface area contributed by atoms with Crippen LogP contribution in [0.25, 0.3) is 0 Å². The SMILES string of the molecule is CC1CCCCCC1Nc1cc2c(cc1N)CCC(=O)N2. The summed E-state index contributed by atoms with van der Waals surface area (Å²) >= 11 is 0. The molecule has 2 atom stereocenters. The van der Waals surface area contributed by atoms with Crippen molar-refractivity contribution in [1.82, 2.24) is 0 Å². The smallest absolute Gasteiger partial charge is 0.224 e. The van der Waals surface area contributed by atoms with E-state index in [1.165, 1.54) is 32.1 Å². The molecule has 3 rings (SSSR count). The van der Waals surface area contributed by atoms with E-state index in [9.17, 15) is 4.79 Å². The van der Waals surface area contributed by atoms with E-state index in [1.807, 2.05) is 12.1 Å². The number of nitrogen functional groups attached to an aromatic ring is 1. The number of anilines is 3. The fraction of sp³-hybridized carbons (Fsp3) is 0.588. The molecule has 114 valence electrons. The predicted molar refractivity (Wildman–Crippen MR) is 87.5 cm³/mol. The van der Waals surface area contributed by atoms with Gasteiger partial charge in [0.1, 0.15) is 0 Å². The first kappa shape index (κ1) is 14.2. The van der Waals surface area contributed by atoms with Gasteiger partial charge in [-0.1, -0.05) is 26.2 Å². The molecule has 0 bridgehead atoms. The van der Waals surface area contributed by atoms with Crippen LogP contribution < -0.4 is 16.4 Å². The number of nitrogens with two attached hydrogens (primary N) is 1. The number of benzene rings is 1. The molecule has 0 spiro atoms. The molecular formula is C17H25N3O. The first-order chi connectivity index (χ1) is 10.1. The van der Waals surface area contributed by atoms with Crippen LogP contribution in [0.2, 0.25) is 0 Å². The molecule has 1 aromatic rings. The largest absolute Gasteiger partial charge is 0.397 e. The molecule has 0 saturated heterocycles. The molecule has 1 aliphatic carbocycles. The Morgan fingerprint density at radius 2 is 2.00 bits per heavy atom. The maximum Gasteiger partial charge on any atom is 0.224 e. The summed E-state index contributed by atoms with van der Waals surface area (Å²) in [7, 11) is 0. The number of carbonyl (C=O) groups is 1. The van der Waals surface area contributed by atoms with Crippen LogP contribution in [-0.4, -0.2) is 11.9 Å². The Balaban J connectivity index is 1.81. The van der Waals surface area contributed by atoms with Gasteiger partial charge >= 0.3 is 0 Å². The highest BCUT2D eigenvalue weighted by Gasteiger charge is 2.22. The van der Waals surface area contributed by atoms with Gasteiger partial charge in [-0.15, -0.1) is 0 Å². The highest BCUT2D eigenvalue weighted by molar-refractivity contribution is 5.95. The normalized spacial score (nSPS) is 25.7. The quantitative estimate of drug-likeness (QED) is 0.576. The van der Waals surface area contributed by atoms with Gasteiger partial charge in [-0.25, -0.2) is 0 Å². The number of carbonyl (C=O) groups excluding carboxylic acids is 1. The van der Waals surface area contributed by atoms with E-state index in [-0.39, 0.29) is 5.91 Å². The third-order valence-electron chi connectivity index (χ3n) is 4.87. The van der Waals surface area contributed by atoms with Gasteiger partial charge in [0, 0.05) is 18.2 Å². The molecule has 1 amide bonds. The Labute approximate surface area is 126 Å². The molecule has 4 N–H and O–H groups in total. The summed E-state index contributed by atoms with van der Waals surface area (Å²) in [5.74, 6) is 0.763. The number of hydrogen-bond donors (Lipinski definition) is 3. The van der Waals surface area contributed by atoms with E-state index >= 15 is 0 Å². The van der Waals surface area contributed by atoms with Gasteiger partial charge in [-0.2, -0.15) is 0 Å². The lowest BCUT2D eigenvalue weighted by Crippen LogP contribution is -2.27. The highest BCUT2D eigenvalue weighted by atomic mass is 16.1. The van der Waals surface area contributed by atoms with Gasteiger partial charge in [0.25, 0.3) is 0 Å². The summed E-state index contributed by atoms with van der Waals surface area (Å²) in [4.78, 5) is 11.5. The van der Waals surface area contributed by atoms with Crippen molar-refractivity contribution in [1.29, 1.82) is 0 Å². The summed E-state index contributed by atoms with van der Waals surface area (Å²) in [6, 6.07) is 4.50. The lowest BCUT2D eigenvalue weighted by Gasteiger charge is -2.26. The molecule has 1 aromatic carbocycles. The van der Waals surface area contributed by atoms with Crippen LogP contribution in [0.5, 0.6) is 0 Å². The zero-order valence-electron chi connectivity index (χ0n) is 12.7. The molecule has 2 aliphatic rings. The summed E-state index contributed by atoms with van der Waals surface area (Å²) in [6.45, 7) is 2.32. The number of aryl methyl sites for hydroxylation is 1. The van der Waals surface area contributed by atoms with E-state index in [4.69, 9.17) is 5.73 Å². The Kier molecular flexibility index (Phi) is 4.04. The third-order valence-corrected chi connectivity index (χ3v) is 4.87. The summed E-state index contributed by atoms with van der Waals surface area (Å²) < 4.78 is 0. The zero-order valence-corrected chi connectivity index (χ0v) is 12.7. The van der Waals surface area contributed by atoms with E-state index in [0.29, 0.717) is 18.4 Å². The van der Waals surface area contributed by atoms with E-state index in [2.05, 4.69) is 17.6 Å². The van der Waals surface area contributed by atoms with Crippen LogP contribution in [0.1, 0.15) is 51.0 Å². The van der Waals surface area contributed by atoms with Crippen molar-refractivity contribution in [3.05, 3.63) is 17.7 Å². The van der Waals surface area contributed by atoms with E-state index < -0.39 is 0 Å². The zero-order chi connectivity index (χ0) is 14.8. The molecule has 4 heteroatoms. The molecule has 21 heavy (non-hydrogen) atoms. The standard InChI is InChI=1S/C17H25N3O/c1-11-5-3-2-4-6-14(11)19-16-10-15-12(9-13(16)18)7-8-17(21)20-15/h9-11,14,19H,2-8,18H2,1H3,(H,20,21). The van der Waals surface area contributed by atoms with Crippen LogP contribution in [0.4, 0.5) is 17.1 Å². The minimum atomic E-state index is 0.0982. The van der Waals surface area contributed by atoms with E-state index in [0.717, 1.165) is 29.0 Å². The lowest BCUT2D eigenvalue weighted by atomic mass is 9.96. The molecule has 1 heterocycles. The fourth-order valence-electron chi connectivity index (χ4n) is 3.48. The maximum atomic E-state index is 11.5. The van der Waals surface area contributed by atoms with Gasteiger partial charge < -0.3 is 16.4 Å². The number of fused-ring (bicyclic) bond motifs is 1. The third kappa shape index (κ3) is 3.14. The first-order valence-electron chi connectivity index (χ1n) is 8.12. The lowest BCUT2D eigenvalue weighted by molar-refractivity contribution is -0.116. The van der Waals surface area contributed by atoms with E-state index in [1.54, 1.807) is 0 Å². The van der Waals surface area contributed by atoms with Gasteiger partial charge in [-0.05, 0) is 42.9 Å². The van der Waals surface area contributed by atoms with Crippen molar-refractivity contribution in [3.8, 4) is 0 Å². The molecular weight excluding hydrogens is 262 g/mol. The highest BCUT2D eigenvalue weighted by Crippen LogP contribution is 2.33. The summed E-state index contributed by atoms with van der Waals surface area (Å²) in [5, 5.41) is 6.58. The van der Waals surface area contributed by atoms with Crippen molar-refractivity contribution in [2.24, 2.45) is 5.92 Å². The number of nitrogens with one attached hydrogen (secondary N) is 2. The predicted octanol–water partition coefficient (Wildman–Crippen LogP) is 3.53.